The highest BCUT2D eigenvalue weighted by Gasteiger charge is 2.59. The molecule has 2 unspecified atom stereocenters. The molecule has 2 aromatic heterocycles. The van der Waals surface area contributed by atoms with Crippen molar-refractivity contribution >= 4 is 22.7 Å². The second kappa shape index (κ2) is 6.89. The van der Waals surface area contributed by atoms with Gasteiger partial charge >= 0.3 is 0 Å². The largest absolute Gasteiger partial charge is 0.345 e. The lowest BCUT2D eigenvalue weighted by molar-refractivity contribution is -0.0449. The number of aryl methyl sites for hydroxylation is 1. The molecule has 0 spiro atoms. The fraction of sp³-hybridized carbons (Fsp3) is 0.440. The van der Waals surface area contributed by atoms with E-state index in [-0.39, 0.29) is 22.9 Å². The second-order valence-corrected chi connectivity index (χ2v) is 10.1. The molecule has 7 nitrogen and oxygen atoms in total. The van der Waals surface area contributed by atoms with E-state index in [1.807, 2.05) is 43.4 Å². The Kier molecular flexibility index (Phi) is 4.19. The number of carbonyl (C=O) groups is 2. The lowest BCUT2D eigenvalue weighted by Crippen LogP contribution is -2.70. The number of pyridine rings is 1. The number of carbonyl (C=O) groups excluding carboxylic acids is 2. The minimum absolute atomic E-state index is 0.0747. The van der Waals surface area contributed by atoms with Gasteiger partial charge in [-0.3, -0.25) is 19.3 Å². The zero-order valence-corrected chi connectivity index (χ0v) is 18.2. The molecule has 2 amide bonds. The highest BCUT2D eigenvalue weighted by Crippen LogP contribution is 2.57. The molecule has 0 radical (unpaired) electrons. The Labute approximate surface area is 186 Å². The van der Waals surface area contributed by atoms with Gasteiger partial charge < -0.3 is 10.6 Å². The van der Waals surface area contributed by atoms with Gasteiger partial charge in [0.1, 0.15) is 11.4 Å². The average Bonchev–Trinajstić information content (AvgIpc) is 3.08. The van der Waals surface area contributed by atoms with Gasteiger partial charge in [-0.1, -0.05) is 24.3 Å². The predicted molar refractivity (Wildman–Crippen MR) is 120 cm³/mol. The summed E-state index contributed by atoms with van der Waals surface area (Å²) in [5, 5.41) is 12.2. The normalized spacial score (nSPS) is 30.4. The molecule has 4 aliphatic rings. The van der Waals surface area contributed by atoms with Crippen LogP contribution < -0.4 is 10.6 Å². The van der Waals surface area contributed by atoms with Gasteiger partial charge in [-0.2, -0.15) is 5.10 Å². The number of nitrogens with one attached hydrogen (secondary N) is 2. The van der Waals surface area contributed by atoms with Gasteiger partial charge in [0.25, 0.3) is 11.8 Å². The minimum Gasteiger partial charge on any atom is -0.345 e. The summed E-state index contributed by atoms with van der Waals surface area (Å²) in [7, 11) is 1.82. The number of nitrogens with zero attached hydrogens (tertiary/aromatic N) is 3. The summed E-state index contributed by atoms with van der Waals surface area (Å²) in [6.07, 6.45) is 7.52. The first-order valence-corrected chi connectivity index (χ1v) is 11.4. The van der Waals surface area contributed by atoms with Crippen LogP contribution in [0.2, 0.25) is 0 Å². The van der Waals surface area contributed by atoms with Crippen LogP contribution in [0.1, 0.15) is 59.5 Å². The number of rotatable bonds is 4. The van der Waals surface area contributed by atoms with Crippen molar-refractivity contribution in [3.05, 3.63) is 60.0 Å². The summed E-state index contributed by atoms with van der Waals surface area (Å²) in [6.45, 7) is 0. The van der Waals surface area contributed by atoms with Crippen molar-refractivity contribution < 1.29 is 9.59 Å². The Bertz CT molecular complexity index is 1200. The first kappa shape index (κ1) is 19.5. The third kappa shape index (κ3) is 3.10. The van der Waals surface area contributed by atoms with Crippen LogP contribution in [0.25, 0.3) is 10.9 Å². The fourth-order valence-electron chi connectivity index (χ4n) is 7.07. The van der Waals surface area contributed by atoms with E-state index in [1.54, 1.807) is 16.9 Å². The Morgan fingerprint density at radius 2 is 1.59 bits per heavy atom. The standard InChI is InChI=1S/C25H27N5O2/c1-30-21(18-6-2-3-7-19(18)29-30)23(32)28-25-13-16-10-17(14-25)12-24(11-16,15-25)27-22(31)20-8-4-5-9-26-20/h2-9,16-17H,10-15H2,1H3,(H,27,31)(H,28,32). The lowest BCUT2D eigenvalue weighted by Gasteiger charge is -2.62. The molecule has 4 aliphatic carbocycles. The Balaban J connectivity index is 1.28. The molecular formula is C25H27N5O2. The molecule has 7 heteroatoms. The van der Waals surface area contributed by atoms with E-state index in [9.17, 15) is 9.59 Å². The van der Waals surface area contributed by atoms with Crippen LogP contribution in [0.5, 0.6) is 0 Å². The van der Waals surface area contributed by atoms with E-state index in [1.165, 1.54) is 6.42 Å². The van der Waals surface area contributed by atoms with Gasteiger partial charge in [-0.15, -0.1) is 0 Å². The Morgan fingerprint density at radius 1 is 0.938 bits per heavy atom. The van der Waals surface area contributed by atoms with E-state index in [0.29, 0.717) is 23.2 Å². The number of hydrogen-bond acceptors (Lipinski definition) is 4. The van der Waals surface area contributed by atoms with E-state index in [2.05, 4.69) is 20.7 Å². The third-order valence-electron chi connectivity index (χ3n) is 7.67. The third-order valence-corrected chi connectivity index (χ3v) is 7.67. The predicted octanol–water partition coefficient (Wildman–Crippen LogP) is 3.22. The summed E-state index contributed by atoms with van der Waals surface area (Å²) in [6, 6.07) is 13.2. The van der Waals surface area contributed by atoms with Gasteiger partial charge in [-0.25, -0.2) is 0 Å². The minimum atomic E-state index is -0.288. The van der Waals surface area contributed by atoms with Crippen molar-refractivity contribution in [3.63, 3.8) is 0 Å². The monoisotopic (exact) mass is 429 g/mol. The number of fused-ring (bicyclic) bond motifs is 1. The molecule has 0 saturated heterocycles. The molecular weight excluding hydrogens is 402 g/mol. The molecule has 3 aromatic rings. The molecule has 4 saturated carbocycles. The zero-order valence-electron chi connectivity index (χ0n) is 18.2. The van der Waals surface area contributed by atoms with Crippen LogP contribution in [0.4, 0.5) is 0 Å². The second-order valence-electron chi connectivity index (χ2n) is 10.1. The van der Waals surface area contributed by atoms with Crippen molar-refractivity contribution in [2.45, 2.75) is 49.6 Å². The van der Waals surface area contributed by atoms with Gasteiger partial charge in [0.15, 0.2) is 0 Å². The van der Waals surface area contributed by atoms with E-state index in [4.69, 9.17) is 0 Å². The Hall–Kier alpha value is -3.22. The highest BCUT2D eigenvalue weighted by molar-refractivity contribution is 6.05. The summed E-state index contributed by atoms with van der Waals surface area (Å²) < 4.78 is 1.68. The summed E-state index contributed by atoms with van der Waals surface area (Å²) in [5.74, 6) is 0.841. The van der Waals surface area contributed by atoms with Crippen molar-refractivity contribution in [2.75, 3.05) is 0 Å². The van der Waals surface area contributed by atoms with Gasteiger partial charge in [0.05, 0.1) is 5.52 Å². The number of hydrogen-bond donors (Lipinski definition) is 2. The first-order valence-electron chi connectivity index (χ1n) is 11.4. The van der Waals surface area contributed by atoms with E-state index >= 15 is 0 Å². The van der Waals surface area contributed by atoms with Gasteiger partial charge in [-0.05, 0) is 68.6 Å². The van der Waals surface area contributed by atoms with Gasteiger partial charge in [0, 0.05) is 29.7 Å². The summed E-state index contributed by atoms with van der Waals surface area (Å²) in [5.41, 5.74) is 1.31. The van der Waals surface area contributed by atoms with Crippen LogP contribution in [0.3, 0.4) is 0 Å². The molecule has 4 fully saturated rings. The van der Waals surface area contributed by atoms with Crippen molar-refractivity contribution in [1.82, 2.24) is 25.4 Å². The van der Waals surface area contributed by atoms with Crippen molar-refractivity contribution in [3.8, 4) is 0 Å². The van der Waals surface area contributed by atoms with Crippen LogP contribution in [0, 0.1) is 11.8 Å². The fourth-order valence-corrected chi connectivity index (χ4v) is 7.07. The van der Waals surface area contributed by atoms with Crippen molar-refractivity contribution in [2.24, 2.45) is 18.9 Å². The lowest BCUT2D eigenvalue weighted by atomic mass is 9.49. The smallest absolute Gasteiger partial charge is 0.270 e. The molecule has 32 heavy (non-hydrogen) atoms. The molecule has 164 valence electrons. The molecule has 2 N–H and O–H groups in total. The SMILES string of the molecule is Cn1nc2ccccc2c1C(=O)NC12CC3CC(CC(NC(=O)c4ccccn4)(C3)C1)C2. The maximum Gasteiger partial charge on any atom is 0.270 e. The topological polar surface area (TPSA) is 88.9 Å². The zero-order chi connectivity index (χ0) is 21.9. The van der Waals surface area contributed by atoms with Gasteiger partial charge in [0.2, 0.25) is 0 Å². The maximum absolute atomic E-state index is 13.5. The first-order chi connectivity index (χ1) is 15.4. The molecule has 4 bridgehead atoms. The number of aromatic nitrogens is 3. The van der Waals surface area contributed by atoms with Crippen LogP contribution in [0.15, 0.2) is 48.7 Å². The molecule has 2 heterocycles. The number of benzene rings is 1. The molecule has 0 aliphatic heterocycles. The Morgan fingerprint density at radius 3 is 2.28 bits per heavy atom. The highest BCUT2D eigenvalue weighted by atomic mass is 16.2. The molecule has 1 aromatic carbocycles. The summed E-state index contributed by atoms with van der Waals surface area (Å²) >= 11 is 0. The van der Waals surface area contributed by atoms with Crippen LogP contribution >= 0.6 is 0 Å². The number of amides is 2. The van der Waals surface area contributed by atoms with Crippen LogP contribution in [-0.2, 0) is 7.05 Å². The molecule has 2 atom stereocenters. The van der Waals surface area contributed by atoms with Crippen molar-refractivity contribution in [1.29, 1.82) is 0 Å². The maximum atomic E-state index is 13.5. The van der Waals surface area contributed by atoms with E-state index < -0.39 is 0 Å². The summed E-state index contributed by atoms with van der Waals surface area (Å²) in [4.78, 5) is 30.7. The molecule has 7 rings (SSSR count). The quantitative estimate of drug-likeness (QED) is 0.667. The average molecular weight is 430 g/mol. The van der Waals surface area contributed by atoms with E-state index in [0.717, 1.165) is 43.0 Å². The van der Waals surface area contributed by atoms with Crippen LogP contribution in [-0.4, -0.2) is 37.7 Å².